The van der Waals surface area contributed by atoms with Gasteiger partial charge in [-0.1, -0.05) is 30.3 Å². The van der Waals surface area contributed by atoms with Gasteiger partial charge in [0.1, 0.15) is 0 Å². The first kappa shape index (κ1) is 12.9. The van der Waals surface area contributed by atoms with Gasteiger partial charge in [-0.3, -0.25) is 0 Å². The van der Waals surface area contributed by atoms with Crippen molar-refractivity contribution in [2.75, 3.05) is 26.0 Å². The third-order valence-corrected chi connectivity index (χ3v) is 4.69. The molecule has 0 saturated carbocycles. The van der Waals surface area contributed by atoms with Crippen LogP contribution in [-0.2, 0) is 4.74 Å². The molecule has 1 heterocycles. The maximum Gasteiger partial charge on any atom is 0.0476 e. The minimum absolute atomic E-state index is 0.462. The Labute approximate surface area is 108 Å². The fourth-order valence-corrected chi connectivity index (χ4v) is 3.46. The van der Waals surface area contributed by atoms with Crippen molar-refractivity contribution in [1.82, 2.24) is 5.32 Å². The molecule has 1 fully saturated rings. The second kappa shape index (κ2) is 7.04. The monoisotopic (exact) mass is 251 g/mol. The molecule has 3 heteroatoms. The van der Waals surface area contributed by atoms with E-state index in [1.165, 1.54) is 18.4 Å². The zero-order chi connectivity index (χ0) is 11.9. The average molecular weight is 251 g/mol. The minimum atomic E-state index is 0.462. The van der Waals surface area contributed by atoms with Crippen LogP contribution in [0.15, 0.2) is 30.3 Å². The molecule has 0 aromatic heterocycles. The van der Waals surface area contributed by atoms with Gasteiger partial charge in [-0.2, -0.15) is 11.8 Å². The molecule has 0 spiro atoms. The third kappa shape index (κ3) is 4.02. The Morgan fingerprint density at radius 2 is 2.00 bits per heavy atom. The highest BCUT2D eigenvalue weighted by Gasteiger charge is 2.16. The zero-order valence-electron chi connectivity index (χ0n) is 10.4. The van der Waals surface area contributed by atoms with Crippen LogP contribution in [-0.4, -0.2) is 31.3 Å². The largest absolute Gasteiger partial charge is 0.381 e. The number of rotatable bonds is 5. The lowest BCUT2D eigenvalue weighted by atomic mass is 10.1. The zero-order valence-corrected chi connectivity index (χ0v) is 11.2. The van der Waals surface area contributed by atoms with E-state index in [1.54, 1.807) is 0 Å². The SMILES string of the molecule is CNC(CSC1CCOCC1)c1ccccc1. The van der Waals surface area contributed by atoms with Crippen molar-refractivity contribution in [2.45, 2.75) is 24.1 Å². The van der Waals surface area contributed by atoms with Gasteiger partial charge in [0, 0.05) is 30.3 Å². The quantitative estimate of drug-likeness (QED) is 0.869. The highest BCUT2D eigenvalue weighted by molar-refractivity contribution is 7.99. The second-order valence-electron chi connectivity index (χ2n) is 4.40. The summed E-state index contributed by atoms with van der Waals surface area (Å²) >= 11 is 2.08. The lowest BCUT2D eigenvalue weighted by Gasteiger charge is -2.24. The van der Waals surface area contributed by atoms with Crippen LogP contribution in [0.5, 0.6) is 0 Å². The van der Waals surface area contributed by atoms with E-state index in [-0.39, 0.29) is 0 Å². The number of hydrogen-bond donors (Lipinski definition) is 1. The Morgan fingerprint density at radius 3 is 2.65 bits per heavy atom. The van der Waals surface area contributed by atoms with E-state index >= 15 is 0 Å². The molecule has 0 radical (unpaired) electrons. The molecular formula is C14H21NOS. The topological polar surface area (TPSA) is 21.3 Å². The molecule has 0 aliphatic carbocycles. The number of ether oxygens (including phenoxy) is 1. The van der Waals surface area contributed by atoms with E-state index in [2.05, 4.69) is 47.4 Å². The van der Waals surface area contributed by atoms with Crippen molar-refractivity contribution < 1.29 is 4.74 Å². The van der Waals surface area contributed by atoms with Crippen LogP contribution in [0.25, 0.3) is 0 Å². The van der Waals surface area contributed by atoms with Crippen molar-refractivity contribution in [2.24, 2.45) is 0 Å². The Balaban J connectivity index is 1.83. The van der Waals surface area contributed by atoms with E-state index < -0.39 is 0 Å². The molecule has 0 amide bonds. The van der Waals surface area contributed by atoms with Gasteiger partial charge in [-0.25, -0.2) is 0 Å². The predicted octanol–water partition coefficient (Wildman–Crippen LogP) is 2.86. The molecule has 1 aromatic rings. The first-order chi connectivity index (χ1) is 8.40. The van der Waals surface area contributed by atoms with Gasteiger partial charge in [0.15, 0.2) is 0 Å². The summed E-state index contributed by atoms with van der Waals surface area (Å²) < 4.78 is 5.39. The summed E-state index contributed by atoms with van der Waals surface area (Å²) in [6.45, 7) is 1.88. The molecule has 1 atom stereocenters. The fraction of sp³-hybridized carbons (Fsp3) is 0.571. The van der Waals surface area contributed by atoms with Crippen LogP contribution >= 0.6 is 11.8 Å². The van der Waals surface area contributed by atoms with Gasteiger partial charge >= 0.3 is 0 Å². The smallest absolute Gasteiger partial charge is 0.0476 e. The summed E-state index contributed by atoms with van der Waals surface area (Å²) in [4.78, 5) is 0. The highest BCUT2D eigenvalue weighted by Crippen LogP contribution is 2.26. The standard InChI is InChI=1S/C14H21NOS/c1-15-14(12-5-3-2-4-6-12)11-17-13-7-9-16-10-8-13/h2-6,13-15H,7-11H2,1H3. The van der Waals surface area contributed by atoms with Gasteiger partial charge in [0.2, 0.25) is 0 Å². The summed E-state index contributed by atoms with van der Waals surface area (Å²) in [6, 6.07) is 11.2. The van der Waals surface area contributed by atoms with Crippen LogP contribution in [0.4, 0.5) is 0 Å². The van der Waals surface area contributed by atoms with Crippen molar-refractivity contribution in [3.05, 3.63) is 35.9 Å². The Kier molecular flexibility index (Phi) is 5.36. The molecule has 1 aliphatic heterocycles. The number of nitrogens with one attached hydrogen (secondary N) is 1. The first-order valence-electron chi connectivity index (χ1n) is 6.31. The van der Waals surface area contributed by atoms with Crippen molar-refractivity contribution in [1.29, 1.82) is 0 Å². The van der Waals surface area contributed by atoms with Gasteiger partial charge in [0.05, 0.1) is 0 Å². The van der Waals surface area contributed by atoms with E-state index in [4.69, 9.17) is 4.74 Å². The molecule has 94 valence electrons. The van der Waals surface area contributed by atoms with E-state index in [0.717, 1.165) is 24.2 Å². The van der Waals surface area contributed by atoms with E-state index in [1.807, 2.05) is 7.05 Å². The van der Waals surface area contributed by atoms with Crippen LogP contribution in [0.2, 0.25) is 0 Å². The normalized spacial score (nSPS) is 19.1. The van der Waals surface area contributed by atoms with Gasteiger partial charge in [0.25, 0.3) is 0 Å². The molecule has 0 bridgehead atoms. The molecule has 1 unspecified atom stereocenters. The lowest BCUT2D eigenvalue weighted by molar-refractivity contribution is 0.1000. The Hall–Kier alpha value is -0.510. The van der Waals surface area contributed by atoms with Crippen molar-refractivity contribution >= 4 is 11.8 Å². The maximum absolute atomic E-state index is 5.39. The molecule has 1 aliphatic rings. The number of benzene rings is 1. The van der Waals surface area contributed by atoms with Crippen LogP contribution in [0.1, 0.15) is 24.4 Å². The average Bonchev–Trinajstić information content (AvgIpc) is 2.42. The fourth-order valence-electron chi connectivity index (χ4n) is 2.11. The van der Waals surface area contributed by atoms with Crippen molar-refractivity contribution in [3.63, 3.8) is 0 Å². The molecular weight excluding hydrogens is 230 g/mol. The maximum atomic E-state index is 5.39. The molecule has 1 saturated heterocycles. The summed E-state index contributed by atoms with van der Waals surface area (Å²) in [5, 5.41) is 4.19. The summed E-state index contributed by atoms with van der Waals surface area (Å²) in [5.41, 5.74) is 1.38. The summed E-state index contributed by atoms with van der Waals surface area (Å²) in [7, 11) is 2.04. The lowest BCUT2D eigenvalue weighted by Crippen LogP contribution is -2.23. The highest BCUT2D eigenvalue weighted by atomic mass is 32.2. The van der Waals surface area contributed by atoms with Crippen LogP contribution in [0.3, 0.4) is 0 Å². The molecule has 2 nitrogen and oxygen atoms in total. The molecule has 2 rings (SSSR count). The van der Waals surface area contributed by atoms with Crippen LogP contribution < -0.4 is 5.32 Å². The van der Waals surface area contributed by atoms with E-state index in [0.29, 0.717) is 6.04 Å². The molecule has 1 N–H and O–H groups in total. The van der Waals surface area contributed by atoms with Crippen molar-refractivity contribution in [3.8, 4) is 0 Å². The minimum Gasteiger partial charge on any atom is -0.381 e. The Bertz CT molecular complexity index is 311. The van der Waals surface area contributed by atoms with Gasteiger partial charge in [-0.15, -0.1) is 0 Å². The summed E-state index contributed by atoms with van der Waals surface area (Å²) in [5.74, 6) is 1.14. The second-order valence-corrected chi connectivity index (χ2v) is 5.73. The van der Waals surface area contributed by atoms with Gasteiger partial charge in [-0.05, 0) is 25.5 Å². The van der Waals surface area contributed by atoms with Crippen LogP contribution in [0, 0.1) is 0 Å². The third-order valence-electron chi connectivity index (χ3n) is 3.22. The molecule has 1 aromatic carbocycles. The van der Waals surface area contributed by atoms with E-state index in [9.17, 15) is 0 Å². The number of hydrogen-bond acceptors (Lipinski definition) is 3. The Morgan fingerprint density at radius 1 is 1.29 bits per heavy atom. The first-order valence-corrected chi connectivity index (χ1v) is 7.36. The number of thioether (sulfide) groups is 1. The van der Waals surface area contributed by atoms with Gasteiger partial charge < -0.3 is 10.1 Å². The predicted molar refractivity (Wildman–Crippen MR) is 74.5 cm³/mol. The molecule has 17 heavy (non-hydrogen) atoms. The summed E-state index contributed by atoms with van der Waals surface area (Å²) in [6.07, 6.45) is 2.41.